The van der Waals surface area contributed by atoms with Gasteiger partial charge in [0.1, 0.15) is 23.7 Å². The first-order valence-electron chi connectivity index (χ1n) is 15.4. The number of amides is 1. The topological polar surface area (TPSA) is 170 Å². The van der Waals surface area contributed by atoms with E-state index in [4.69, 9.17) is 25.3 Å². The van der Waals surface area contributed by atoms with Gasteiger partial charge in [-0.2, -0.15) is 0 Å². The lowest BCUT2D eigenvalue weighted by molar-refractivity contribution is -0.120. The number of nitrogen functional groups attached to an aromatic ring is 1. The Balaban J connectivity index is 1.15. The summed E-state index contributed by atoms with van der Waals surface area (Å²) >= 11 is 0. The second-order valence-electron chi connectivity index (χ2n) is 11.2. The van der Waals surface area contributed by atoms with Crippen LogP contribution in [0.4, 0.5) is 5.82 Å². The van der Waals surface area contributed by atoms with Gasteiger partial charge in [-0.25, -0.2) is 19.5 Å². The minimum atomic E-state index is -3.49. The first kappa shape index (κ1) is 32.9. The van der Waals surface area contributed by atoms with E-state index < -0.39 is 13.6 Å². The molecule has 0 aliphatic carbocycles. The highest BCUT2D eigenvalue weighted by molar-refractivity contribution is 7.54. The summed E-state index contributed by atoms with van der Waals surface area (Å²) in [7, 11) is -3.49. The number of hydrogen-bond acceptors (Lipinski definition) is 10. The van der Waals surface area contributed by atoms with Crippen LogP contribution in [0, 0.1) is 0 Å². The quantitative estimate of drug-likeness (QED) is 0.124. The van der Waals surface area contributed by atoms with Gasteiger partial charge in [-0.15, -0.1) is 0 Å². The summed E-state index contributed by atoms with van der Waals surface area (Å²) in [6.45, 7) is 3.48. The largest absolute Gasteiger partial charge is 0.423 e. The molecule has 0 radical (unpaired) electrons. The number of ether oxygens (including phenoxy) is 1. The van der Waals surface area contributed by atoms with Gasteiger partial charge >= 0.3 is 7.60 Å². The molecule has 1 aliphatic rings. The van der Waals surface area contributed by atoms with Crippen LogP contribution in [0.2, 0.25) is 0 Å². The van der Waals surface area contributed by atoms with E-state index in [0.717, 1.165) is 24.9 Å². The van der Waals surface area contributed by atoms with Crippen LogP contribution in [0.25, 0.3) is 11.2 Å². The zero-order chi connectivity index (χ0) is 30.5. The highest BCUT2D eigenvalue weighted by Gasteiger charge is 2.35. The van der Waals surface area contributed by atoms with E-state index in [1.54, 1.807) is 23.0 Å². The number of nitrogens with one attached hydrogen (secondary N) is 1. The minimum Gasteiger partial charge on any atom is -0.423 e. The molecular weight excluding hydrogens is 569 g/mol. The van der Waals surface area contributed by atoms with Crippen LogP contribution < -0.4 is 21.3 Å². The summed E-state index contributed by atoms with van der Waals surface area (Å²) in [5.74, 6) is 0.328. The maximum atomic E-state index is 13.1. The molecule has 1 unspecified atom stereocenters. The Bertz CT molecular complexity index is 1320. The van der Waals surface area contributed by atoms with Crippen LogP contribution in [-0.4, -0.2) is 57.1 Å². The normalized spacial score (nSPS) is 19.4. The number of unbranched alkanes of at least 4 members (excludes halogenated alkanes) is 9. The number of carbonyl (C=O) groups excluding carboxylic acids is 1. The molecule has 1 aliphatic heterocycles. The fourth-order valence-electron chi connectivity index (χ4n) is 5.13. The van der Waals surface area contributed by atoms with Crippen LogP contribution >= 0.6 is 7.60 Å². The molecule has 0 bridgehead atoms. The van der Waals surface area contributed by atoms with Crippen molar-refractivity contribution in [2.24, 2.45) is 5.73 Å². The van der Waals surface area contributed by atoms with Crippen LogP contribution in [-0.2, 0) is 31.6 Å². The van der Waals surface area contributed by atoms with Gasteiger partial charge in [0.25, 0.3) is 0 Å². The van der Waals surface area contributed by atoms with Crippen molar-refractivity contribution in [3.63, 3.8) is 0 Å². The highest BCUT2D eigenvalue weighted by Crippen LogP contribution is 2.51. The van der Waals surface area contributed by atoms with Crippen LogP contribution in [0.5, 0.6) is 5.75 Å². The van der Waals surface area contributed by atoms with Gasteiger partial charge in [0, 0.05) is 0 Å². The number of rotatable bonds is 19. The Morgan fingerprint density at radius 1 is 1.07 bits per heavy atom. The molecule has 4 rings (SSSR count). The zero-order valence-corrected chi connectivity index (χ0v) is 26.1. The molecule has 3 atom stereocenters. The number of benzene rings is 1. The van der Waals surface area contributed by atoms with Gasteiger partial charge in [0.15, 0.2) is 17.8 Å². The molecule has 1 fully saturated rings. The molecule has 5 N–H and O–H groups in total. The standard InChI is InChI=1S/C30H46N7O5P/c1-2-3-4-5-6-7-8-9-10-11-16-33-26(29(32)38)17-23-12-14-24(15-13-23)42-43(39)22-40-25(19-41-43)18-37-21-36-27-28(31)34-20-35-30(27)37/h12-15,20-21,25-26,33H,2-11,16-19,22H2,1H3,(H2,32,38)(H2,31,34,35)/t25-,26-,43?/m0/s1. The lowest BCUT2D eigenvalue weighted by Crippen LogP contribution is -2.43. The van der Waals surface area contributed by atoms with Gasteiger partial charge < -0.3 is 30.6 Å². The number of primary amides is 1. The van der Waals surface area contributed by atoms with Crippen molar-refractivity contribution in [2.45, 2.75) is 96.2 Å². The van der Waals surface area contributed by atoms with Crippen LogP contribution in [0.3, 0.4) is 0 Å². The van der Waals surface area contributed by atoms with Crippen molar-refractivity contribution < 1.29 is 23.1 Å². The summed E-state index contributed by atoms with van der Waals surface area (Å²) in [5.41, 5.74) is 13.5. The van der Waals surface area contributed by atoms with Gasteiger partial charge in [-0.1, -0.05) is 76.8 Å². The summed E-state index contributed by atoms with van der Waals surface area (Å²) in [5, 5.41) is 3.31. The summed E-state index contributed by atoms with van der Waals surface area (Å²) in [6, 6.07) is 6.65. The maximum absolute atomic E-state index is 13.1. The highest BCUT2D eigenvalue weighted by atomic mass is 31.2. The zero-order valence-electron chi connectivity index (χ0n) is 25.2. The third-order valence-corrected chi connectivity index (χ3v) is 9.12. The second-order valence-corrected chi connectivity index (χ2v) is 13.1. The molecular formula is C30H46N7O5P. The van der Waals surface area contributed by atoms with E-state index in [1.807, 2.05) is 12.1 Å². The number of carbonyl (C=O) groups is 1. The second kappa shape index (κ2) is 16.7. The van der Waals surface area contributed by atoms with Crippen molar-refractivity contribution in [1.29, 1.82) is 0 Å². The molecule has 13 heteroatoms. The maximum Gasteiger partial charge on any atom is 0.404 e. The average molecular weight is 616 g/mol. The van der Waals surface area contributed by atoms with E-state index in [2.05, 4.69) is 27.2 Å². The molecule has 0 spiro atoms. The third kappa shape index (κ3) is 10.3. The van der Waals surface area contributed by atoms with Gasteiger partial charge in [0.05, 0.1) is 25.5 Å². The van der Waals surface area contributed by atoms with E-state index in [1.165, 1.54) is 57.7 Å². The Kier molecular flexibility index (Phi) is 12.8. The van der Waals surface area contributed by atoms with Gasteiger partial charge in [-0.05, 0) is 37.1 Å². The molecule has 43 heavy (non-hydrogen) atoms. The fraction of sp³-hybridized carbons (Fsp3) is 0.600. The fourth-order valence-corrected chi connectivity index (χ4v) is 6.54. The average Bonchev–Trinajstić information content (AvgIpc) is 3.41. The van der Waals surface area contributed by atoms with Crippen molar-refractivity contribution in [3.8, 4) is 5.75 Å². The predicted molar refractivity (Wildman–Crippen MR) is 167 cm³/mol. The Morgan fingerprint density at radius 2 is 1.77 bits per heavy atom. The Morgan fingerprint density at radius 3 is 2.42 bits per heavy atom. The summed E-state index contributed by atoms with van der Waals surface area (Å²) in [4.78, 5) is 24.5. The number of nitrogens with zero attached hydrogens (tertiary/aromatic N) is 4. The van der Waals surface area contributed by atoms with Crippen molar-refractivity contribution in [1.82, 2.24) is 24.8 Å². The number of nitrogens with two attached hydrogens (primary N) is 2. The number of anilines is 1. The molecule has 2 aromatic heterocycles. The van der Waals surface area contributed by atoms with Gasteiger partial charge in [-0.3, -0.25) is 9.32 Å². The molecule has 0 saturated carbocycles. The lowest BCUT2D eigenvalue weighted by Gasteiger charge is -2.29. The summed E-state index contributed by atoms with van der Waals surface area (Å²) < 4.78 is 32.1. The van der Waals surface area contributed by atoms with E-state index in [9.17, 15) is 9.36 Å². The lowest BCUT2D eigenvalue weighted by atomic mass is 10.0. The molecule has 1 saturated heterocycles. The summed E-state index contributed by atoms with van der Waals surface area (Å²) in [6.07, 6.45) is 15.6. The van der Waals surface area contributed by atoms with Crippen molar-refractivity contribution in [3.05, 3.63) is 42.5 Å². The first-order chi connectivity index (χ1) is 20.9. The number of imidazole rings is 1. The van der Waals surface area contributed by atoms with Crippen molar-refractivity contribution in [2.75, 3.05) is 25.2 Å². The first-order valence-corrected chi connectivity index (χ1v) is 17.2. The third-order valence-electron chi connectivity index (χ3n) is 7.63. The van der Waals surface area contributed by atoms with E-state index in [0.29, 0.717) is 35.7 Å². The minimum absolute atomic E-state index is 0.0839. The SMILES string of the molecule is CCCCCCCCCCCCN[C@@H](Cc1ccc(OP2(=O)CO[C@@H](Cn3cnc4c(N)ncnc43)CO2)cc1)C(N)=O. The predicted octanol–water partition coefficient (Wildman–Crippen LogP) is 4.96. The monoisotopic (exact) mass is 615 g/mol. The smallest absolute Gasteiger partial charge is 0.404 e. The molecule has 3 heterocycles. The molecule has 1 aromatic carbocycles. The van der Waals surface area contributed by atoms with Crippen molar-refractivity contribution >= 4 is 30.5 Å². The number of fused-ring (bicyclic) bond motifs is 1. The number of aromatic nitrogens is 4. The molecule has 3 aromatic rings. The molecule has 12 nitrogen and oxygen atoms in total. The molecule has 236 valence electrons. The molecule has 1 amide bonds. The van der Waals surface area contributed by atoms with Crippen LogP contribution in [0.15, 0.2) is 36.9 Å². The Labute approximate surface area is 253 Å². The van der Waals surface area contributed by atoms with E-state index >= 15 is 0 Å². The Hall–Kier alpha value is -3.05. The van der Waals surface area contributed by atoms with Crippen LogP contribution in [0.1, 0.15) is 76.7 Å². The van der Waals surface area contributed by atoms with Gasteiger partial charge in [0.2, 0.25) is 5.91 Å². The van der Waals surface area contributed by atoms with E-state index in [-0.39, 0.29) is 25.0 Å². The number of hydrogen-bond donors (Lipinski definition) is 3.